The number of hydrogen-bond acceptors (Lipinski definition) is 1. The highest BCUT2D eigenvalue weighted by Crippen LogP contribution is 2.50. The lowest BCUT2D eigenvalue weighted by Crippen LogP contribution is -1.96. The van der Waals surface area contributed by atoms with Gasteiger partial charge in [-0.05, 0) is 92.4 Å². The van der Waals surface area contributed by atoms with Crippen LogP contribution in [0.2, 0.25) is 0 Å². The highest BCUT2D eigenvalue weighted by atomic mass is 32.2. The summed E-state index contributed by atoms with van der Waals surface area (Å²) in [4.78, 5) is 2.50. The summed E-state index contributed by atoms with van der Waals surface area (Å²) in [6.45, 7) is 0. The maximum atomic E-state index is 2.44. The Bertz CT molecular complexity index is 1720. The van der Waals surface area contributed by atoms with Gasteiger partial charge in [0.1, 0.15) is 0 Å². The molecular formula is C37H26S. The van der Waals surface area contributed by atoms with Crippen LogP contribution in [0.25, 0.3) is 44.5 Å². The van der Waals surface area contributed by atoms with Crippen LogP contribution in [0.15, 0.2) is 155 Å². The van der Waals surface area contributed by atoms with E-state index in [0.29, 0.717) is 0 Å². The lowest BCUT2D eigenvalue weighted by atomic mass is 9.82. The largest absolute Gasteiger partial charge is 0.0901 e. The van der Waals surface area contributed by atoms with Crippen molar-refractivity contribution in [2.75, 3.05) is 0 Å². The second kappa shape index (κ2) is 9.85. The molecule has 0 nitrogen and oxygen atoms in total. The van der Waals surface area contributed by atoms with Gasteiger partial charge in [0.15, 0.2) is 0 Å². The third-order valence-electron chi connectivity index (χ3n) is 7.38. The van der Waals surface area contributed by atoms with Crippen LogP contribution in [0, 0.1) is 0 Å². The Hall–Kier alpha value is -4.33. The van der Waals surface area contributed by atoms with Crippen LogP contribution in [0.4, 0.5) is 0 Å². The first kappa shape index (κ1) is 22.8. The van der Waals surface area contributed by atoms with Crippen molar-refractivity contribution in [1.82, 2.24) is 0 Å². The van der Waals surface area contributed by atoms with E-state index in [1.807, 2.05) is 0 Å². The van der Waals surface area contributed by atoms with Crippen LogP contribution >= 0.6 is 11.8 Å². The molecule has 0 bridgehead atoms. The average molecular weight is 503 g/mol. The molecule has 38 heavy (non-hydrogen) atoms. The summed E-state index contributed by atoms with van der Waals surface area (Å²) in [6, 6.07) is 52.8. The van der Waals surface area contributed by atoms with Crippen molar-refractivity contribution in [3.05, 3.63) is 157 Å². The second-order valence-electron chi connectivity index (χ2n) is 9.71. The standard InChI is InChI=1S/C37H26S/c1-4-12-27(13-5-1)36-33(26-20-22-31(23-21-26)38-30-17-8-3-9-18-30)25-34-32-19-11-10-16-29(32)24-35(34)37(36)28-14-6-2-7-15-28/h1-23,25H,24H2. The fraction of sp³-hybridized carbons (Fsp3) is 0.0270. The Morgan fingerprint density at radius 1 is 0.395 bits per heavy atom. The highest BCUT2D eigenvalue weighted by molar-refractivity contribution is 7.99. The summed E-state index contributed by atoms with van der Waals surface area (Å²) >= 11 is 1.80. The molecule has 7 rings (SSSR count). The van der Waals surface area contributed by atoms with Crippen molar-refractivity contribution < 1.29 is 0 Å². The van der Waals surface area contributed by atoms with Crippen LogP contribution in [0.3, 0.4) is 0 Å². The third kappa shape index (κ3) is 4.16. The van der Waals surface area contributed by atoms with Gasteiger partial charge in [-0.25, -0.2) is 0 Å². The summed E-state index contributed by atoms with van der Waals surface area (Å²) in [5, 5.41) is 0. The monoisotopic (exact) mass is 502 g/mol. The predicted molar refractivity (Wildman–Crippen MR) is 162 cm³/mol. The quantitative estimate of drug-likeness (QED) is 0.226. The van der Waals surface area contributed by atoms with Crippen molar-refractivity contribution in [2.24, 2.45) is 0 Å². The molecule has 0 amide bonds. The lowest BCUT2D eigenvalue weighted by molar-refractivity contribution is 1.26. The van der Waals surface area contributed by atoms with Gasteiger partial charge in [-0.2, -0.15) is 0 Å². The zero-order valence-electron chi connectivity index (χ0n) is 21.0. The topological polar surface area (TPSA) is 0 Å². The maximum Gasteiger partial charge on any atom is 0.0122 e. The SMILES string of the molecule is c1ccc(Sc2ccc(-c3cc4c(c(-c5ccccc5)c3-c3ccccc3)Cc3ccccc3-4)cc2)cc1. The molecule has 0 N–H and O–H groups in total. The first-order valence-corrected chi connectivity index (χ1v) is 13.9. The van der Waals surface area contributed by atoms with Gasteiger partial charge in [0.05, 0.1) is 0 Å². The van der Waals surface area contributed by atoms with Gasteiger partial charge in [0.2, 0.25) is 0 Å². The summed E-state index contributed by atoms with van der Waals surface area (Å²) in [6.07, 6.45) is 0.961. The number of benzene rings is 6. The van der Waals surface area contributed by atoms with Crippen LogP contribution < -0.4 is 0 Å². The number of hydrogen-bond donors (Lipinski definition) is 0. The van der Waals surface area contributed by atoms with Crippen molar-refractivity contribution >= 4 is 11.8 Å². The molecule has 0 spiro atoms. The molecule has 6 aromatic carbocycles. The minimum Gasteiger partial charge on any atom is -0.0901 e. The minimum absolute atomic E-state index is 0.961. The minimum atomic E-state index is 0.961. The van der Waals surface area contributed by atoms with Crippen LogP contribution in [-0.2, 0) is 6.42 Å². The van der Waals surface area contributed by atoms with Gasteiger partial charge in [-0.15, -0.1) is 0 Å². The van der Waals surface area contributed by atoms with Crippen LogP contribution in [0.5, 0.6) is 0 Å². The van der Waals surface area contributed by atoms with E-state index in [1.165, 1.54) is 65.4 Å². The van der Waals surface area contributed by atoms with E-state index in [0.717, 1.165) is 6.42 Å². The lowest BCUT2D eigenvalue weighted by Gasteiger charge is -2.21. The summed E-state index contributed by atoms with van der Waals surface area (Å²) in [5.41, 5.74) is 13.3. The van der Waals surface area contributed by atoms with Gasteiger partial charge in [0.25, 0.3) is 0 Å². The molecule has 6 aromatic rings. The van der Waals surface area contributed by atoms with Gasteiger partial charge < -0.3 is 0 Å². The molecule has 1 aliphatic carbocycles. The Labute approximate surface area is 228 Å². The Morgan fingerprint density at radius 3 is 1.63 bits per heavy atom. The van der Waals surface area contributed by atoms with Crippen LogP contribution in [0.1, 0.15) is 11.1 Å². The molecule has 0 saturated heterocycles. The summed E-state index contributed by atoms with van der Waals surface area (Å²) < 4.78 is 0. The molecule has 0 aromatic heterocycles. The van der Waals surface area contributed by atoms with Gasteiger partial charge in [-0.1, -0.05) is 127 Å². The zero-order chi connectivity index (χ0) is 25.3. The van der Waals surface area contributed by atoms with E-state index in [-0.39, 0.29) is 0 Å². The third-order valence-corrected chi connectivity index (χ3v) is 8.39. The maximum absolute atomic E-state index is 2.44. The van der Waals surface area contributed by atoms with Crippen LogP contribution in [-0.4, -0.2) is 0 Å². The molecule has 0 aliphatic heterocycles. The molecule has 0 unspecified atom stereocenters. The van der Waals surface area contributed by atoms with E-state index in [4.69, 9.17) is 0 Å². The van der Waals surface area contributed by atoms with Crippen molar-refractivity contribution in [1.29, 1.82) is 0 Å². The first-order chi connectivity index (χ1) is 18.8. The van der Waals surface area contributed by atoms with E-state index in [9.17, 15) is 0 Å². The summed E-state index contributed by atoms with van der Waals surface area (Å²) in [7, 11) is 0. The Balaban J connectivity index is 1.46. The zero-order valence-corrected chi connectivity index (χ0v) is 21.8. The predicted octanol–water partition coefficient (Wildman–Crippen LogP) is 10.4. The molecular weight excluding hydrogens is 476 g/mol. The molecule has 0 radical (unpaired) electrons. The molecule has 180 valence electrons. The normalized spacial score (nSPS) is 11.7. The number of fused-ring (bicyclic) bond motifs is 3. The molecule has 0 heterocycles. The number of rotatable bonds is 5. The molecule has 1 heteroatoms. The average Bonchev–Trinajstić information content (AvgIpc) is 3.36. The van der Waals surface area contributed by atoms with E-state index >= 15 is 0 Å². The van der Waals surface area contributed by atoms with E-state index in [1.54, 1.807) is 11.8 Å². The fourth-order valence-electron chi connectivity index (χ4n) is 5.66. The molecule has 0 saturated carbocycles. The first-order valence-electron chi connectivity index (χ1n) is 13.1. The van der Waals surface area contributed by atoms with Crippen molar-refractivity contribution in [2.45, 2.75) is 16.2 Å². The molecule has 0 fully saturated rings. The molecule has 0 atom stereocenters. The second-order valence-corrected chi connectivity index (χ2v) is 10.9. The van der Waals surface area contributed by atoms with Gasteiger partial charge in [0, 0.05) is 9.79 Å². The van der Waals surface area contributed by atoms with Gasteiger partial charge in [-0.3, -0.25) is 0 Å². The Morgan fingerprint density at radius 2 is 0.947 bits per heavy atom. The van der Waals surface area contributed by atoms with Crippen molar-refractivity contribution in [3.63, 3.8) is 0 Å². The van der Waals surface area contributed by atoms with E-state index in [2.05, 4.69) is 146 Å². The van der Waals surface area contributed by atoms with Crippen molar-refractivity contribution in [3.8, 4) is 44.5 Å². The van der Waals surface area contributed by atoms with E-state index < -0.39 is 0 Å². The summed E-state index contributed by atoms with van der Waals surface area (Å²) in [5.74, 6) is 0. The fourth-order valence-corrected chi connectivity index (χ4v) is 6.50. The Kier molecular flexibility index (Phi) is 5.92. The molecule has 1 aliphatic rings. The highest BCUT2D eigenvalue weighted by Gasteiger charge is 2.27. The smallest absolute Gasteiger partial charge is 0.0122 e. The van der Waals surface area contributed by atoms with Gasteiger partial charge >= 0.3 is 0 Å².